The van der Waals surface area contributed by atoms with E-state index < -0.39 is 0 Å². The molecule has 2 aromatic carbocycles. The topological polar surface area (TPSA) is 75.7 Å². The van der Waals surface area contributed by atoms with Crippen LogP contribution in [-0.4, -0.2) is 41.9 Å². The lowest BCUT2D eigenvalue weighted by molar-refractivity contribution is 0.0595. The number of nitrogens with one attached hydrogen (secondary N) is 1. The number of ether oxygens (including phenoxy) is 1. The lowest BCUT2D eigenvalue weighted by Crippen LogP contribution is -2.32. The zero-order chi connectivity index (χ0) is 19.7. The number of fused-ring (bicyclic) bond motifs is 1. The summed E-state index contributed by atoms with van der Waals surface area (Å²) in [6.45, 7) is 3.00. The van der Waals surface area contributed by atoms with Crippen LogP contribution in [0, 0.1) is 0 Å². The maximum Gasteiger partial charge on any atom is 0.262 e. The third kappa shape index (κ3) is 3.31. The van der Waals surface area contributed by atoms with Crippen LogP contribution in [-0.2, 0) is 4.74 Å². The number of hydrogen-bond donors (Lipinski definition) is 1. The van der Waals surface area contributed by atoms with Crippen molar-refractivity contribution in [3.05, 3.63) is 70.8 Å². The van der Waals surface area contributed by atoms with Crippen molar-refractivity contribution in [3.63, 3.8) is 0 Å². The van der Waals surface area contributed by atoms with Gasteiger partial charge in [0.25, 0.3) is 17.7 Å². The van der Waals surface area contributed by atoms with Crippen molar-refractivity contribution >= 4 is 17.7 Å². The van der Waals surface area contributed by atoms with E-state index in [4.69, 9.17) is 4.74 Å². The molecule has 0 saturated carbocycles. The van der Waals surface area contributed by atoms with Crippen molar-refractivity contribution in [2.75, 3.05) is 13.2 Å². The predicted molar refractivity (Wildman–Crippen MR) is 103 cm³/mol. The van der Waals surface area contributed by atoms with Crippen LogP contribution in [0.3, 0.4) is 0 Å². The summed E-state index contributed by atoms with van der Waals surface area (Å²) in [5.74, 6) is -0.971. The maximum atomic E-state index is 12.9. The van der Waals surface area contributed by atoms with Gasteiger partial charge in [0.15, 0.2) is 0 Å². The molecule has 1 N–H and O–H groups in total. The second-order valence-corrected chi connectivity index (χ2v) is 7.17. The molecule has 2 aliphatic rings. The molecule has 6 nitrogen and oxygen atoms in total. The van der Waals surface area contributed by atoms with Gasteiger partial charge >= 0.3 is 0 Å². The van der Waals surface area contributed by atoms with Crippen LogP contribution >= 0.6 is 0 Å². The Labute approximate surface area is 163 Å². The average Bonchev–Trinajstić information content (AvgIpc) is 3.33. The number of imide groups is 1. The van der Waals surface area contributed by atoms with Gasteiger partial charge < -0.3 is 10.1 Å². The minimum atomic E-state index is -0.384. The second-order valence-electron chi connectivity index (χ2n) is 7.17. The van der Waals surface area contributed by atoms with Gasteiger partial charge in [0, 0.05) is 18.7 Å². The minimum absolute atomic E-state index is 0.0452. The first-order chi connectivity index (χ1) is 13.6. The first-order valence-corrected chi connectivity index (χ1v) is 9.53. The zero-order valence-electron chi connectivity index (χ0n) is 15.7. The molecular weight excluding hydrogens is 356 g/mol. The third-order valence-electron chi connectivity index (χ3n) is 5.36. The van der Waals surface area contributed by atoms with E-state index in [1.807, 2.05) is 37.3 Å². The molecule has 1 fully saturated rings. The van der Waals surface area contributed by atoms with Crippen LogP contribution in [0.2, 0.25) is 0 Å². The normalized spacial score (nSPS) is 19.6. The number of carbonyl (C=O) groups excluding carboxylic acids is 3. The number of carbonyl (C=O) groups is 3. The van der Waals surface area contributed by atoms with E-state index in [1.54, 1.807) is 12.1 Å². The van der Waals surface area contributed by atoms with Crippen molar-refractivity contribution in [1.29, 1.82) is 0 Å². The van der Waals surface area contributed by atoms with Crippen molar-refractivity contribution < 1.29 is 19.1 Å². The smallest absolute Gasteiger partial charge is 0.262 e. The molecule has 2 atom stereocenters. The van der Waals surface area contributed by atoms with E-state index in [2.05, 4.69) is 5.32 Å². The number of amides is 3. The van der Waals surface area contributed by atoms with E-state index in [0.717, 1.165) is 25.0 Å². The lowest BCUT2D eigenvalue weighted by Gasteiger charge is -2.22. The van der Waals surface area contributed by atoms with Gasteiger partial charge in [0.2, 0.25) is 0 Å². The standard InChI is InChI=1S/C22H22N2O4/c1-14(15-6-3-2-4-7-15)24-21(26)18-10-9-16(12-19(18)22(24)27)20(25)23-13-17-8-5-11-28-17/h2-4,6-7,9-10,12,14,17H,5,8,11,13H2,1H3,(H,23,25)/t14-,17+/m1/s1. The van der Waals surface area contributed by atoms with Crippen LogP contribution in [0.25, 0.3) is 0 Å². The molecule has 0 radical (unpaired) electrons. The largest absolute Gasteiger partial charge is 0.376 e. The van der Waals surface area contributed by atoms with Crippen LogP contribution in [0.1, 0.15) is 62.4 Å². The fraction of sp³-hybridized carbons (Fsp3) is 0.318. The number of hydrogen-bond acceptors (Lipinski definition) is 4. The van der Waals surface area contributed by atoms with Crippen LogP contribution in [0.4, 0.5) is 0 Å². The number of benzene rings is 2. The fourth-order valence-electron chi connectivity index (χ4n) is 3.75. The molecule has 2 aliphatic heterocycles. The summed E-state index contributed by atoms with van der Waals surface area (Å²) in [6.07, 6.45) is 1.98. The lowest BCUT2D eigenvalue weighted by atomic mass is 10.1. The van der Waals surface area contributed by atoms with Crippen molar-refractivity contribution in [3.8, 4) is 0 Å². The SMILES string of the molecule is C[C@H](c1ccccc1)N1C(=O)c2ccc(C(=O)NC[C@@H]3CCCO3)cc2C1=O. The Morgan fingerprint density at radius 1 is 1.14 bits per heavy atom. The first kappa shape index (κ1) is 18.4. The summed E-state index contributed by atoms with van der Waals surface area (Å²) in [6, 6.07) is 13.7. The van der Waals surface area contributed by atoms with Gasteiger partial charge in [-0.2, -0.15) is 0 Å². The van der Waals surface area contributed by atoms with Gasteiger partial charge in [-0.1, -0.05) is 30.3 Å². The summed E-state index contributed by atoms with van der Waals surface area (Å²) < 4.78 is 5.51. The molecule has 3 amide bonds. The molecule has 0 spiro atoms. The van der Waals surface area contributed by atoms with Gasteiger partial charge in [-0.05, 0) is 43.5 Å². The van der Waals surface area contributed by atoms with E-state index in [1.165, 1.54) is 11.0 Å². The highest BCUT2D eigenvalue weighted by molar-refractivity contribution is 6.22. The molecule has 0 bridgehead atoms. The van der Waals surface area contributed by atoms with E-state index in [0.29, 0.717) is 17.7 Å². The quantitative estimate of drug-likeness (QED) is 0.812. The Kier molecular flexibility index (Phi) is 4.96. The molecule has 0 unspecified atom stereocenters. The molecule has 28 heavy (non-hydrogen) atoms. The molecule has 6 heteroatoms. The summed E-state index contributed by atoms with van der Waals surface area (Å²) in [4.78, 5) is 39.4. The molecule has 144 valence electrons. The predicted octanol–water partition coefficient (Wildman–Crippen LogP) is 2.95. The Balaban J connectivity index is 1.52. The number of nitrogens with zero attached hydrogens (tertiary/aromatic N) is 1. The van der Waals surface area contributed by atoms with Crippen molar-refractivity contribution in [2.24, 2.45) is 0 Å². The van der Waals surface area contributed by atoms with Gasteiger partial charge in [-0.15, -0.1) is 0 Å². The van der Waals surface area contributed by atoms with Gasteiger partial charge in [-0.3, -0.25) is 19.3 Å². The Hall–Kier alpha value is -2.99. The first-order valence-electron chi connectivity index (χ1n) is 9.53. The van der Waals surface area contributed by atoms with Gasteiger partial charge in [-0.25, -0.2) is 0 Å². The van der Waals surface area contributed by atoms with Crippen LogP contribution in [0.15, 0.2) is 48.5 Å². The maximum absolute atomic E-state index is 12.9. The summed E-state index contributed by atoms with van der Waals surface area (Å²) in [5, 5.41) is 2.84. The average molecular weight is 378 g/mol. The fourth-order valence-corrected chi connectivity index (χ4v) is 3.75. The highest BCUT2D eigenvalue weighted by Crippen LogP contribution is 2.31. The van der Waals surface area contributed by atoms with Gasteiger partial charge in [0.1, 0.15) is 0 Å². The van der Waals surface area contributed by atoms with Gasteiger partial charge in [0.05, 0.1) is 23.3 Å². The molecular formula is C22H22N2O4. The Morgan fingerprint density at radius 2 is 1.89 bits per heavy atom. The Morgan fingerprint density at radius 3 is 2.61 bits per heavy atom. The summed E-state index contributed by atoms with van der Waals surface area (Å²) >= 11 is 0. The highest BCUT2D eigenvalue weighted by atomic mass is 16.5. The van der Waals surface area contributed by atoms with E-state index in [9.17, 15) is 14.4 Å². The molecule has 0 aliphatic carbocycles. The highest BCUT2D eigenvalue weighted by Gasteiger charge is 2.39. The molecule has 2 heterocycles. The van der Waals surface area contributed by atoms with Crippen LogP contribution < -0.4 is 5.32 Å². The van der Waals surface area contributed by atoms with E-state index >= 15 is 0 Å². The Bertz CT molecular complexity index is 919. The molecule has 4 rings (SSSR count). The zero-order valence-corrected chi connectivity index (χ0v) is 15.7. The van der Waals surface area contributed by atoms with Crippen molar-refractivity contribution in [2.45, 2.75) is 31.9 Å². The molecule has 0 aromatic heterocycles. The summed E-state index contributed by atoms with van der Waals surface area (Å²) in [5.41, 5.74) is 1.86. The van der Waals surface area contributed by atoms with Crippen molar-refractivity contribution in [1.82, 2.24) is 10.2 Å². The molecule has 1 saturated heterocycles. The van der Waals surface area contributed by atoms with Crippen LogP contribution in [0.5, 0.6) is 0 Å². The number of rotatable bonds is 5. The summed E-state index contributed by atoms with van der Waals surface area (Å²) in [7, 11) is 0. The molecule has 2 aromatic rings. The van der Waals surface area contributed by atoms with E-state index in [-0.39, 0.29) is 35.4 Å². The second kappa shape index (κ2) is 7.56. The minimum Gasteiger partial charge on any atom is -0.376 e. The monoisotopic (exact) mass is 378 g/mol. The third-order valence-corrected chi connectivity index (χ3v) is 5.36.